The van der Waals surface area contributed by atoms with Crippen molar-refractivity contribution in [3.05, 3.63) is 6.42 Å². The van der Waals surface area contributed by atoms with Crippen LogP contribution in [0.3, 0.4) is 0 Å². The molecule has 0 atom stereocenters. The minimum Gasteiger partial charge on any atom is -0.481 e. The lowest BCUT2D eigenvalue weighted by Gasteiger charge is -1.98. The Morgan fingerprint density at radius 2 is 1.75 bits per heavy atom. The van der Waals surface area contributed by atoms with Crippen LogP contribution in [0.1, 0.15) is 38.5 Å². The molecule has 0 aromatic heterocycles. The molecule has 71 valence electrons. The Hall–Kier alpha value is -0.570. The maximum Gasteiger partial charge on any atom is 0.307 e. The van der Waals surface area contributed by atoms with E-state index in [1.807, 2.05) is 0 Å². The van der Waals surface area contributed by atoms with Gasteiger partial charge in [0.05, 0.1) is 6.42 Å². The van der Waals surface area contributed by atoms with Crippen molar-refractivity contribution >= 4 is 5.97 Å². The summed E-state index contributed by atoms with van der Waals surface area (Å²) in [6.07, 6.45) is 7.54. The normalized spacial score (nSPS) is 10.1. The van der Waals surface area contributed by atoms with Gasteiger partial charge in [-0.3, -0.25) is 4.79 Å². The van der Waals surface area contributed by atoms with Gasteiger partial charge in [-0.15, -0.1) is 0 Å². The van der Waals surface area contributed by atoms with Crippen LogP contribution in [-0.2, 0) is 4.79 Å². The Morgan fingerprint density at radius 1 is 1.17 bits per heavy atom. The van der Waals surface area contributed by atoms with E-state index in [0.29, 0.717) is 6.42 Å². The van der Waals surface area contributed by atoms with Gasteiger partial charge in [0.25, 0.3) is 0 Å². The van der Waals surface area contributed by atoms with Gasteiger partial charge in [0.2, 0.25) is 0 Å². The molecule has 3 N–H and O–H groups in total. The Labute approximate surface area is 74.0 Å². The number of nitrogens with two attached hydrogens (primary N) is 1. The highest BCUT2D eigenvalue weighted by Crippen LogP contribution is 2.05. The third-order valence-electron chi connectivity index (χ3n) is 1.73. The van der Waals surface area contributed by atoms with Crippen LogP contribution in [-0.4, -0.2) is 17.6 Å². The molecule has 0 saturated heterocycles. The zero-order chi connectivity index (χ0) is 9.23. The fourth-order valence-corrected chi connectivity index (χ4v) is 1.04. The Morgan fingerprint density at radius 3 is 2.33 bits per heavy atom. The predicted molar refractivity (Wildman–Crippen MR) is 48.7 cm³/mol. The summed E-state index contributed by atoms with van der Waals surface area (Å²) in [6, 6.07) is 0. The van der Waals surface area contributed by atoms with Crippen LogP contribution in [0.15, 0.2) is 0 Å². The first-order chi connectivity index (χ1) is 5.77. The van der Waals surface area contributed by atoms with Gasteiger partial charge < -0.3 is 10.8 Å². The quantitative estimate of drug-likeness (QED) is 0.546. The lowest BCUT2D eigenvalue weighted by Crippen LogP contribution is -1.98. The van der Waals surface area contributed by atoms with Gasteiger partial charge in [0.1, 0.15) is 0 Å². The molecule has 0 aliphatic carbocycles. The van der Waals surface area contributed by atoms with Crippen molar-refractivity contribution in [2.24, 2.45) is 5.73 Å². The van der Waals surface area contributed by atoms with Gasteiger partial charge in [-0.1, -0.05) is 25.7 Å². The molecule has 0 amide bonds. The second-order valence-corrected chi connectivity index (χ2v) is 2.89. The largest absolute Gasteiger partial charge is 0.481 e. The van der Waals surface area contributed by atoms with Crippen molar-refractivity contribution in [1.29, 1.82) is 0 Å². The van der Waals surface area contributed by atoms with Crippen molar-refractivity contribution in [2.75, 3.05) is 6.54 Å². The molecule has 3 nitrogen and oxygen atoms in total. The number of rotatable bonds is 8. The first kappa shape index (κ1) is 11.4. The highest BCUT2D eigenvalue weighted by atomic mass is 16.4. The summed E-state index contributed by atoms with van der Waals surface area (Å²) in [5.41, 5.74) is 5.33. The van der Waals surface area contributed by atoms with Gasteiger partial charge in [-0.2, -0.15) is 0 Å². The van der Waals surface area contributed by atoms with E-state index in [9.17, 15) is 4.79 Å². The van der Waals surface area contributed by atoms with Crippen LogP contribution in [0.2, 0.25) is 0 Å². The Kier molecular flexibility index (Phi) is 8.12. The van der Waals surface area contributed by atoms with Crippen molar-refractivity contribution in [2.45, 2.75) is 38.5 Å². The first-order valence-electron chi connectivity index (χ1n) is 4.53. The Bertz CT molecular complexity index is 115. The predicted octanol–water partition coefficient (Wildman–Crippen LogP) is 1.57. The molecule has 0 fully saturated rings. The SMILES string of the molecule is NCCCCCCC[CH]C(=O)O. The molecule has 0 rings (SSSR count). The van der Waals surface area contributed by atoms with Crippen LogP contribution >= 0.6 is 0 Å². The molecule has 3 heteroatoms. The number of hydrogen-bond acceptors (Lipinski definition) is 2. The fraction of sp³-hybridized carbons (Fsp3) is 0.778. The molecule has 0 unspecified atom stereocenters. The standard InChI is InChI=1S/C9H18NO2/c10-8-6-4-2-1-3-5-7-9(11)12/h7H,1-6,8,10H2,(H,11,12). The molecule has 0 bridgehead atoms. The highest BCUT2D eigenvalue weighted by molar-refractivity contribution is 5.76. The zero-order valence-electron chi connectivity index (χ0n) is 7.46. The van der Waals surface area contributed by atoms with Gasteiger partial charge in [0, 0.05) is 0 Å². The first-order valence-corrected chi connectivity index (χ1v) is 4.53. The molecule has 1 radical (unpaired) electrons. The summed E-state index contributed by atoms with van der Waals surface area (Å²) in [5, 5.41) is 8.28. The summed E-state index contributed by atoms with van der Waals surface area (Å²) in [4.78, 5) is 10.1. The van der Waals surface area contributed by atoms with Crippen molar-refractivity contribution in [3.8, 4) is 0 Å². The van der Waals surface area contributed by atoms with Crippen molar-refractivity contribution in [3.63, 3.8) is 0 Å². The molecular weight excluding hydrogens is 154 g/mol. The third kappa shape index (κ3) is 9.43. The van der Waals surface area contributed by atoms with Crippen molar-refractivity contribution in [1.82, 2.24) is 0 Å². The van der Waals surface area contributed by atoms with Gasteiger partial charge in [0.15, 0.2) is 0 Å². The van der Waals surface area contributed by atoms with E-state index in [1.54, 1.807) is 0 Å². The van der Waals surface area contributed by atoms with Gasteiger partial charge in [-0.05, 0) is 19.4 Å². The fourth-order valence-electron chi connectivity index (χ4n) is 1.04. The molecule has 0 aliphatic rings. The molecule has 12 heavy (non-hydrogen) atoms. The van der Waals surface area contributed by atoms with E-state index in [2.05, 4.69) is 0 Å². The molecule has 0 saturated carbocycles. The smallest absolute Gasteiger partial charge is 0.307 e. The molecule has 0 aliphatic heterocycles. The third-order valence-corrected chi connectivity index (χ3v) is 1.73. The summed E-state index contributed by atoms with van der Waals surface area (Å²) in [7, 11) is 0. The number of carboxylic acids is 1. The van der Waals surface area contributed by atoms with Crippen LogP contribution < -0.4 is 5.73 Å². The Balaban J connectivity index is 2.86. The lowest BCUT2D eigenvalue weighted by molar-refractivity contribution is -0.133. The van der Waals surface area contributed by atoms with E-state index in [0.717, 1.165) is 25.8 Å². The summed E-state index contributed by atoms with van der Waals surface area (Å²) < 4.78 is 0. The number of aliphatic carboxylic acids is 1. The summed E-state index contributed by atoms with van der Waals surface area (Å²) >= 11 is 0. The summed E-state index contributed by atoms with van der Waals surface area (Å²) in [5.74, 6) is -0.808. The highest BCUT2D eigenvalue weighted by Gasteiger charge is 1.96. The zero-order valence-corrected chi connectivity index (χ0v) is 7.46. The number of unbranched alkanes of at least 4 members (excludes halogenated alkanes) is 5. The maximum atomic E-state index is 10.1. The van der Waals surface area contributed by atoms with Gasteiger partial charge >= 0.3 is 5.97 Å². The number of hydrogen-bond donors (Lipinski definition) is 2. The molecule has 0 heterocycles. The lowest BCUT2D eigenvalue weighted by atomic mass is 10.1. The monoisotopic (exact) mass is 172 g/mol. The minimum absolute atomic E-state index is 0.692. The van der Waals surface area contributed by atoms with Crippen molar-refractivity contribution < 1.29 is 9.90 Å². The second kappa shape index (κ2) is 8.53. The topological polar surface area (TPSA) is 63.3 Å². The van der Waals surface area contributed by atoms with Crippen LogP contribution in [0.5, 0.6) is 0 Å². The number of carbonyl (C=O) groups is 1. The molecule has 0 spiro atoms. The number of carboxylic acid groups (broad SMARTS) is 1. The minimum atomic E-state index is -0.808. The average molecular weight is 172 g/mol. The molecular formula is C9H18NO2. The van der Waals surface area contributed by atoms with E-state index in [1.165, 1.54) is 19.3 Å². The maximum absolute atomic E-state index is 10.1. The van der Waals surface area contributed by atoms with E-state index in [4.69, 9.17) is 10.8 Å². The van der Waals surface area contributed by atoms with Gasteiger partial charge in [-0.25, -0.2) is 0 Å². The van der Waals surface area contributed by atoms with E-state index in [-0.39, 0.29) is 0 Å². The van der Waals surface area contributed by atoms with Crippen LogP contribution in [0.4, 0.5) is 0 Å². The molecule has 0 aromatic rings. The van der Waals surface area contributed by atoms with E-state index >= 15 is 0 Å². The second-order valence-electron chi connectivity index (χ2n) is 2.89. The van der Waals surface area contributed by atoms with Crippen LogP contribution in [0, 0.1) is 6.42 Å². The average Bonchev–Trinajstić information content (AvgIpc) is 2.02. The van der Waals surface area contributed by atoms with E-state index < -0.39 is 5.97 Å². The van der Waals surface area contributed by atoms with Crippen LogP contribution in [0.25, 0.3) is 0 Å². The molecule has 0 aromatic carbocycles. The summed E-state index contributed by atoms with van der Waals surface area (Å²) in [6.45, 7) is 0.765.